The third-order valence-electron chi connectivity index (χ3n) is 2.47. The lowest BCUT2D eigenvalue weighted by Crippen LogP contribution is -2.16. The standard InChI is InChI=1S/C13H6ClF4NO/c14-7-3-1-2-4-9(7)19-13(20)6-5-8(15)11(17)12(18)10(6)16/h1-5H,(H,19,20). The number of nitrogens with one attached hydrogen (secondary N) is 1. The van der Waals surface area contributed by atoms with Gasteiger partial charge >= 0.3 is 0 Å². The van der Waals surface area contributed by atoms with Gasteiger partial charge < -0.3 is 5.32 Å². The predicted octanol–water partition coefficient (Wildman–Crippen LogP) is 4.15. The number of carbonyl (C=O) groups is 1. The molecule has 0 saturated heterocycles. The van der Waals surface area contributed by atoms with Gasteiger partial charge in [0.2, 0.25) is 0 Å². The summed E-state index contributed by atoms with van der Waals surface area (Å²) in [5, 5.41) is 2.33. The van der Waals surface area contributed by atoms with Crippen molar-refractivity contribution < 1.29 is 22.4 Å². The molecule has 2 rings (SSSR count). The monoisotopic (exact) mass is 303 g/mol. The zero-order chi connectivity index (χ0) is 14.9. The summed E-state index contributed by atoms with van der Waals surface area (Å²) < 4.78 is 52.2. The summed E-state index contributed by atoms with van der Waals surface area (Å²) in [4.78, 5) is 11.7. The van der Waals surface area contributed by atoms with Crippen LogP contribution in [-0.4, -0.2) is 5.91 Å². The molecule has 2 nitrogen and oxygen atoms in total. The topological polar surface area (TPSA) is 29.1 Å². The fraction of sp³-hybridized carbons (Fsp3) is 0. The van der Waals surface area contributed by atoms with Crippen LogP contribution in [0.15, 0.2) is 30.3 Å². The molecule has 104 valence electrons. The van der Waals surface area contributed by atoms with Crippen molar-refractivity contribution in [2.45, 2.75) is 0 Å². The first-order valence-electron chi connectivity index (χ1n) is 5.30. The lowest BCUT2D eigenvalue weighted by atomic mass is 10.1. The van der Waals surface area contributed by atoms with Crippen molar-refractivity contribution in [1.82, 2.24) is 0 Å². The fourth-order valence-corrected chi connectivity index (χ4v) is 1.67. The van der Waals surface area contributed by atoms with Crippen molar-refractivity contribution >= 4 is 23.2 Å². The third-order valence-corrected chi connectivity index (χ3v) is 2.80. The Hall–Kier alpha value is -2.08. The molecular weight excluding hydrogens is 298 g/mol. The minimum atomic E-state index is -2.05. The van der Waals surface area contributed by atoms with Crippen LogP contribution in [0.1, 0.15) is 10.4 Å². The van der Waals surface area contributed by atoms with Crippen LogP contribution < -0.4 is 5.32 Å². The van der Waals surface area contributed by atoms with Crippen LogP contribution >= 0.6 is 11.6 Å². The number of rotatable bonds is 2. The molecule has 0 saturated carbocycles. The summed E-state index contributed by atoms with van der Waals surface area (Å²) in [5.74, 6) is -8.60. The molecule has 0 aliphatic carbocycles. The van der Waals surface area contributed by atoms with Gasteiger partial charge in [-0.25, -0.2) is 17.6 Å². The van der Waals surface area contributed by atoms with E-state index in [-0.39, 0.29) is 16.8 Å². The van der Waals surface area contributed by atoms with Crippen LogP contribution in [0.3, 0.4) is 0 Å². The van der Waals surface area contributed by atoms with E-state index in [4.69, 9.17) is 11.6 Å². The van der Waals surface area contributed by atoms with Gasteiger partial charge in [-0.3, -0.25) is 4.79 Å². The Balaban J connectivity index is 2.38. The average Bonchev–Trinajstić information content (AvgIpc) is 2.43. The summed E-state index contributed by atoms with van der Waals surface area (Å²) in [6.45, 7) is 0. The number of halogens is 5. The van der Waals surface area contributed by atoms with Gasteiger partial charge in [-0.05, 0) is 18.2 Å². The highest BCUT2D eigenvalue weighted by Gasteiger charge is 2.23. The second-order valence-electron chi connectivity index (χ2n) is 3.78. The Morgan fingerprint density at radius 2 is 1.65 bits per heavy atom. The van der Waals surface area contributed by atoms with E-state index in [1.54, 1.807) is 12.1 Å². The van der Waals surface area contributed by atoms with Gasteiger partial charge in [0.1, 0.15) is 0 Å². The SMILES string of the molecule is O=C(Nc1ccccc1Cl)c1cc(F)c(F)c(F)c1F. The van der Waals surface area contributed by atoms with Crippen LogP contribution in [-0.2, 0) is 0 Å². The lowest BCUT2D eigenvalue weighted by Gasteiger charge is -2.08. The van der Waals surface area contributed by atoms with Gasteiger partial charge in [0, 0.05) is 0 Å². The molecule has 0 spiro atoms. The van der Waals surface area contributed by atoms with E-state index in [0.29, 0.717) is 0 Å². The van der Waals surface area contributed by atoms with Crippen LogP contribution in [0.2, 0.25) is 5.02 Å². The largest absolute Gasteiger partial charge is 0.321 e. The first-order valence-corrected chi connectivity index (χ1v) is 5.68. The summed E-state index contributed by atoms with van der Waals surface area (Å²) in [5.41, 5.74) is -0.829. The van der Waals surface area contributed by atoms with Gasteiger partial charge in [0.25, 0.3) is 5.91 Å². The molecule has 0 bridgehead atoms. The highest BCUT2D eigenvalue weighted by atomic mass is 35.5. The second kappa shape index (κ2) is 5.50. The quantitative estimate of drug-likeness (QED) is 0.504. The van der Waals surface area contributed by atoms with E-state index in [1.165, 1.54) is 12.1 Å². The molecule has 0 heterocycles. The van der Waals surface area contributed by atoms with Crippen LogP contribution in [0.25, 0.3) is 0 Å². The Morgan fingerprint density at radius 1 is 1.00 bits per heavy atom. The van der Waals surface area contributed by atoms with E-state index in [2.05, 4.69) is 5.32 Å². The zero-order valence-corrected chi connectivity index (χ0v) is 10.4. The van der Waals surface area contributed by atoms with E-state index < -0.39 is 34.7 Å². The summed E-state index contributed by atoms with van der Waals surface area (Å²) in [6, 6.07) is 6.28. The Bertz CT molecular complexity index is 690. The van der Waals surface area contributed by atoms with Gasteiger partial charge in [-0.1, -0.05) is 23.7 Å². The summed E-state index contributed by atoms with van der Waals surface area (Å²) in [7, 11) is 0. The maximum atomic E-state index is 13.4. The Morgan fingerprint density at radius 3 is 2.30 bits per heavy atom. The molecule has 2 aromatic carbocycles. The number of hydrogen-bond acceptors (Lipinski definition) is 1. The molecule has 0 unspecified atom stereocenters. The van der Waals surface area contributed by atoms with Crippen molar-refractivity contribution in [1.29, 1.82) is 0 Å². The third kappa shape index (κ3) is 2.60. The fourth-order valence-electron chi connectivity index (χ4n) is 1.49. The number of benzene rings is 2. The van der Waals surface area contributed by atoms with E-state index >= 15 is 0 Å². The number of para-hydroxylation sites is 1. The predicted molar refractivity (Wildman–Crippen MR) is 65.7 cm³/mol. The summed E-state index contributed by atoms with van der Waals surface area (Å²) in [6.07, 6.45) is 0. The first kappa shape index (κ1) is 14.3. The molecule has 2 aromatic rings. The molecule has 1 amide bonds. The highest BCUT2D eigenvalue weighted by molar-refractivity contribution is 6.33. The Kier molecular flexibility index (Phi) is 3.94. The summed E-state index contributed by atoms with van der Waals surface area (Å²) >= 11 is 5.77. The maximum absolute atomic E-state index is 13.4. The van der Waals surface area contributed by atoms with Gasteiger partial charge in [0.15, 0.2) is 23.3 Å². The van der Waals surface area contributed by atoms with Crippen molar-refractivity contribution in [3.05, 3.63) is 64.2 Å². The molecule has 1 N–H and O–H groups in total. The average molecular weight is 304 g/mol. The Labute approximate surface area is 116 Å². The van der Waals surface area contributed by atoms with Crippen LogP contribution in [0.5, 0.6) is 0 Å². The number of carbonyl (C=O) groups excluding carboxylic acids is 1. The van der Waals surface area contributed by atoms with Crippen molar-refractivity contribution in [2.75, 3.05) is 5.32 Å². The number of hydrogen-bond donors (Lipinski definition) is 1. The number of anilines is 1. The maximum Gasteiger partial charge on any atom is 0.258 e. The van der Waals surface area contributed by atoms with E-state index in [0.717, 1.165) is 0 Å². The lowest BCUT2D eigenvalue weighted by molar-refractivity contribution is 0.102. The molecule has 0 aromatic heterocycles. The van der Waals surface area contributed by atoms with Crippen LogP contribution in [0, 0.1) is 23.3 Å². The normalized spacial score (nSPS) is 10.4. The van der Waals surface area contributed by atoms with Gasteiger partial charge in [-0.2, -0.15) is 0 Å². The molecule has 0 fully saturated rings. The zero-order valence-electron chi connectivity index (χ0n) is 9.68. The van der Waals surface area contributed by atoms with E-state index in [1.807, 2.05) is 0 Å². The molecule has 20 heavy (non-hydrogen) atoms. The van der Waals surface area contributed by atoms with Crippen molar-refractivity contribution in [3.8, 4) is 0 Å². The molecule has 0 atom stereocenters. The van der Waals surface area contributed by atoms with Gasteiger partial charge in [-0.15, -0.1) is 0 Å². The molecule has 0 aliphatic rings. The molecule has 0 radical (unpaired) electrons. The van der Waals surface area contributed by atoms with Crippen molar-refractivity contribution in [2.24, 2.45) is 0 Å². The minimum Gasteiger partial charge on any atom is -0.321 e. The first-order chi connectivity index (χ1) is 9.41. The molecular formula is C13H6ClF4NO. The molecule has 7 heteroatoms. The van der Waals surface area contributed by atoms with Crippen LogP contribution in [0.4, 0.5) is 23.2 Å². The van der Waals surface area contributed by atoms with E-state index in [9.17, 15) is 22.4 Å². The molecule has 0 aliphatic heterocycles. The smallest absolute Gasteiger partial charge is 0.258 e. The number of amides is 1. The van der Waals surface area contributed by atoms with Gasteiger partial charge in [0.05, 0.1) is 16.3 Å². The second-order valence-corrected chi connectivity index (χ2v) is 4.19. The highest BCUT2D eigenvalue weighted by Crippen LogP contribution is 2.23. The van der Waals surface area contributed by atoms with Crippen molar-refractivity contribution in [3.63, 3.8) is 0 Å². The minimum absolute atomic E-state index is 0.128.